The molecular formula is C18H26N2O3. The van der Waals surface area contributed by atoms with E-state index in [0.717, 1.165) is 36.9 Å². The number of nitrogens with zero attached hydrogens (tertiary/aromatic N) is 1. The maximum Gasteiger partial charge on any atom is 0.322 e. The number of amides is 2. The molecule has 1 aromatic carbocycles. The first kappa shape index (κ1) is 16.3. The highest BCUT2D eigenvalue weighted by atomic mass is 16.5. The van der Waals surface area contributed by atoms with Crippen LogP contribution in [-0.4, -0.2) is 34.7 Å². The van der Waals surface area contributed by atoms with Gasteiger partial charge in [-0.2, -0.15) is 0 Å². The Morgan fingerprint density at radius 3 is 2.78 bits per heavy atom. The topological polar surface area (TPSA) is 61.8 Å². The van der Waals surface area contributed by atoms with Crippen LogP contribution in [0.25, 0.3) is 0 Å². The van der Waals surface area contributed by atoms with Gasteiger partial charge in [0.25, 0.3) is 0 Å². The molecule has 1 atom stereocenters. The van der Waals surface area contributed by atoms with Crippen LogP contribution in [0.2, 0.25) is 0 Å². The largest absolute Gasteiger partial charge is 0.392 e. The lowest BCUT2D eigenvalue weighted by Crippen LogP contribution is -2.47. The average Bonchev–Trinajstić information content (AvgIpc) is 3.01. The molecule has 0 saturated heterocycles. The minimum absolute atomic E-state index is 0.114. The molecule has 126 valence electrons. The van der Waals surface area contributed by atoms with Crippen molar-refractivity contribution < 1.29 is 14.6 Å². The number of hydrogen-bond donors (Lipinski definition) is 2. The van der Waals surface area contributed by atoms with E-state index in [2.05, 4.69) is 5.32 Å². The maximum absolute atomic E-state index is 12.7. The molecule has 1 heterocycles. The van der Waals surface area contributed by atoms with Gasteiger partial charge >= 0.3 is 6.03 Å². The first-order valence-corrected chi connectivity index (χ1v) is 8.58. The second-order valence-electron chi connectivity index (χ2n) is 6.70. The van der Waals surface area contributed by atoms with Crippen LogP contribution in [0.5, 0.6) is 0 Å². The number of benzene rings is 1. The predicted octanol–water partition coefficient (Wildman–Crippen LogP) is 3.26. The number of anilines is 1. The molecule has 5 nitrogen and oxygen atoms in total. The van der Waals surface area contributed by atoms with E-state index in [1.807, 2.05) is 23.1 Å². The normalized spacial score (nSPS) is 19.2. The van der Waals surface area contributed by atoms with Gasteiger partial charge in [0, 0.05) is 18.3 Å². The van der Waals surface area contributed by atoms with Crippen molar-refractivity contribution in [3.8, 4) is 0 Å². The fourth-order valence-corrected chi connectivity index (χ4v) is 3.52. The van der Waals surface area contributed by atoms with Crippen molar-refractivity contribution in [3.63, 3.8) is 0 Å². The summed E-state index contributed by atoms with van der Waals surface area (Å²) in [6, 6.07) is 6.04. The molecule has 1 aromatic rings. The van der Waals surface area contributed by atoms with Gasteiger partial charge < -0.3 is 20.1 Å². The van der Waals surface area contributed by atoms with E-state index in [0.29, 0.717) is 19.8 Å². The Morgan fingerprint density at radius 1 is 1.30 bits per heavy atom. The van der Waals surface area contributed by atoms with Crippen LogP contribution < -0.4 is 5.32 Å². The third-order valence-corrected chi connectivity index (χ3v) is 4.71. The number of aliphatic hydroxyl groups excluding tert-OH is 1. The van der Waals surface area contributed by atoms with Crippen molar-refractivity contribution in [2.24, 2.45) is 0 Å². The number of hydrogen-bond acceptors (Lipinski definition) is 3. The minimum atomic E-state index is -0.518. The highest BCUT2D eigenvalue weighted by Crippen LogP contribution is 2.26. The monoisotopic (exact) mass is 318 g/mol. The summed E-state index contributed by atoms with van der Waals surface area (Å²) in [7, 11) is 0. The van der Waals surface area contributed by atoms with E-state index in [4.69, 9.17) is 4.74 Å². The van der Waals surface area contributed by atoms with Gasteiger partial charge in [-0.1, -0.05) is 25.3 Å². The highest BCUT2D eigenvalue weighted by Gasteiger charge is 2.26. The van der Waals surface area contributed by atoms with Crippen LogP contribution in [0.3, 0.4) is 0 Å². The Labute approximate surface area is 137 Å². The van der Waals surface area contributed by atoms with Gasteiger partial charge in [-0.05, 0) is 43.0 Å². The zero-order valence-corrected chi connectivity index (χ0v) is 13.8. The summed E-state index contributed by atoms with van der Waals surface area (Å²) in [4.78, 5) is 14.5. The molecule has 0 radical (unpaired) electrons. The van der Waals surface area contributed by atoms with Gasteiger partial charge in [-0.3, -0.25) is 0 Å². The second kappa shape index (κ2) is 7.32. The summed E-state index contributed by atoms with van der Waals surface area (Å²) in [6.07, 6.45) is 5.09. The van der Waals surface area contributed by atoms with Crippen LogP contribution in [0, 0.1) is 0 Å². The molecule has 2 N–H and O–H groups in total. The number of carbonyl (C=O) groups excluding carboxylic acids is 1. The fourth-order valence-electron chi connectivity index (χ4n) is 3.52. The molecule has 1 aliphatic carbocycles. The van der Waals surface area contributed by atoms with Crippen LogP contribution >= 0.6 is 0 Å². The molecular weight excluding hydrogens is 292 g/mol. The molecule has 0 bridgehead atoms. The molecule has 3 rings (SSSR count). The number of urea groups is 1. The number of aliphatic hydroxyl groups is 1. The summed E-state index contributed by atoms with van der Waals surface area (Å²) in [5, 5.41) is 12.8. The standard InChI is InChI=1S/C18H26N2O3/c1-13(21)10-20(17-5-3-2-4-6-17)18(22)19-16-8-7-14-11-23-12-15(14)9-16/h7-9,13,17,21H,2-6,10-12H2,1H3,(H,19,22)/t13-/m1/s1. The molecule has 2 aliphatic rings. The van der Waals surface area contributed by atoms with Crippen LogP contribution in [0.4, 0.5) is 10.5 Å². The number of carbonyl (C=O) groups is 1. The molecule has 2 amide bonds. The Bertz CT molecular complexity index is 553. The van der Waals surface area contributed by atoms with Gasteiger partial charge in [-0.15, -0.1) is 0 Å². The third kappa shape index (κ3) is 4.03. The lowest BCUT2D eigenvalue weighted by Gasteiger charge is -2.35. The predicted molar refractivity (Wildman–Crippen MR) is 89.2 cm³/mol. The molecule has 23 heavy (non-hydrogen) atoms. The van der Waals surface area contributed by atoms with Gasteiger partial charge in [0.2, 0.25) is 0 Å². The van der Waals surface area contributed by atoms with Crippen molar-refractivity contribution in [2.45, 2.75) is 64.4 Å². The molecule has 0 aromatic heterocycles. The van der Waals surface area contributed by atoms with E-state index in [9.17, 15) is 9.90 Å². The highest BCUT2D eigenvalue weighted by molar-refractivity contribution is 5.89. The van der Waals surface area contributed by atoms with Crippen molar-refractivity contribution in [1.29, 1.82) is 0 Å². The summed E-state index contributed by atoms with van der Waals surface area (Å²) in [6.45, 7) is 3.37. The Hall–Kier alpha value is -1.59. The van der Waals surface area contributed by atoms with E-state index in [-0.39, 0.29) is 12.1 Å². The molecule has 1 aliphatic heterocycles. The van der Waals surface area contributed by atoms with Crippen LogP contribution in [-0.2, 0) is 18.0 Å². The summed E-state index contributed by atoms with van der Waals surface area (Å²) < 4.78 is 5.41. The molecule has 0 spiro atoms. The maximum atomic E-state index is 12.7. The molecule has 0 unspecified atom stereocenters. The van der Waals surface area contributed by atoms with E-state index in [1.165, 1.54) is 12.0 Å². The smallest absolute Gasteiger partial charge is 0.322 e. The summed E-state index contributed by atoms with van der Waals surface area (Å²) in [5.74, 6) is 0. The second-order valence-corrected chi connectivity index (χ2v) is 6.70. The van der Waals surface area contributed by atoms with Crippen LogP contribution in [0.1, 0.15) is 50.2 Å². The van der Waals surface area contributed by atoms with Crippen molar-refractivity contribution in [3.05, 3.63) is 29.3 Å². The number of rotatable bonds is 4. The molecule has 1 fully saturated rings. The molecule has 1 saturated carbocycles. The SMILES string of the molecule is C[C@@H](O)CN(C(=O)Nc1ccc2c(c1)COC2)C1CCCCC1. The van der Waals surface area contributed by atoms with Crippen molar-refractivity contribution in [1.82, 2.24) is 4.90 Å². The van der Waals surface area contributed by atoms with Gasteiger partial charge in [0.15, 0.2) is 0 Å². The number of fused-ring (bicyclic) bond motifs is 1. The summed E-state index contributed by atoms with van der Waals surface area (Å²) in [5.41, 5.74) is 3.13. The van der Waals surface area contributed by atoms with Crippen molar-refractivity contribution in [2.75, 3.05) is 11.9 Å². The number of ether oxygens (including phenoxy) is 1. The van der Waals surface area contributed by atoms with Gasteiger partial charge in [-0.25, -0.2) is 4.79 Å². The zero-order valence-electron chi connectivity index (χ0n) is 13.8. The van der Waals surface area contributed by atoms with Gasteiger partial charge in [0.1, 0.15) is 0 Å². The van der Waals surface area contributed by atoms with E-state index < -0.39 is 6.10 Å². The fraction of sp³-hybridized carbons (Fsp3) is 0.611. The first-order valence-electron chi connectivity index (χ1n) is 8.58. The van der Waals surface area contributed by atoms with Crippen LogP contribution in [0.15, 0.2) is 18.2 Å². The van der Waals surface area contributed by atoms with Gasteiger partial charge in [0.05, 0.1) is 19.3 Å². The first-order chi connectivity index (χ1) is 11.1. The third-order valence-electron chi connectivity index (χ3n) is 4.71. The van der Waals surface area contributed by atoms with E-state index >= 15 is 0 Å². The minimum Gasteiger partial charge on any atom is -0.392 e. The lowest BCUT2D eigenvalue weighted by molar-refractivity contribution is 0.105. The Kier molecular flexibility index (Phi) is 5.18. The number of nitrogens with one attached hydrogen (secondary N) is 1. The zero-order chi connectivity index (χ0) is 16.2. The molecule has 5 heteroatoms. The lowest BCUT2D eigenvalue weighted by atomic mass is 9.94. The average molecular weight is 318 g/mol. The quantitative estimate of drug-likeness (QED) is 0.895. The summed E-state index contributed by atoms with van der Waals surface area (Å²) >= 11 is 0. The Balaban J connectivity index is 1.69. The van der Waals surface area contributed by atoms with E-state index in [1.54, 1.807) is 6.92 Å². The Morgan fingerprint density at radius 2 is 2.04 bits per heavy atom. The van der Waals surface area contributed by atoms with Crippen molar-refractivity contribution >= 4 is 11.7 Å².